The summed E-state index contributed by atoms with van der Waals surface area (Å²) in [6.45, 7) is 7.18. The van der Waals surface area contributed by atoms with Crippen LogP contribution in [-0.2, 0) is 27.4 Å². The molecule has 5 nitrogen and oxygen atoms in total. The monoisotopic (exact) mass is 397 g/mol. The molecule has 2 aromatic rings. The molecule has 5 heteroatoms. The van der Waals surface area contributed by atoms with Crippen LogP contribution >= 0.6 is 0 Å². The zero-order chi connectivity index (χ0) is 21.3. The average Bonchev–Trinajstić information content (AvgIpc) is 2.66. The second-order valence-electron chi connectivity index (χ2n) is 8.15. The quantitative estimate of drug-likeness (QED) is 0.536. The van der Waals surface area contributed by atoms with Crippen molar-refractivity contribution in [2.45, 2.75) is 65.2 Å². The highest BCUT2D eigenvalue weighted by atomic mass is 16.7. The van der Waals surface area contributed by atoms with Gasteiger partial charge in [-0.2, -0.15) is 5.06 Å². The van der Waals surface area contributed by atoms with Crippen LogP contribution in [0.1, 0.15) is 51.7 Å². The van der Waals surface area contributed by atoms with Crippen molar-refractivity contribution >= 4 is 11.9 Å². The zero-order valence-corrected chi connectivity index (χ0v) is 17.8. The van der Waals surface area contributed by atoms with Gasteiger partial charge in [0.25, 0.3) is 0 Å². The summed E-state index contributed by atoms with van der Waals surface area (Å²) in [4.78, 5) is 30.7. The summed E-state index contributed by atoms with van der Waals surface area (Å²) in [6, 6.07) is 19.2. The zero-order valence-electron chi connectivity index (χ0n) is 17.8. The number of hydrogen-bond acceptors (Lipinski definition) is 4. The number of ether oxygens (including phenoxy) is 1. The topological polar surface area (TPSA) is 55.8 Å². The second-order valence-corrected chi connectivity index (χ2v) is 8.15. The molecule has 0 saturated carbocycles. The van der Waals surface area contributed by atoms with Gasteiger partial charge in [0.15, 0.2) is 0 Å². The van der Waals surface area contributed by atoms with E-state index < -0.39 is 17.7 Å². The van der Waals surface area contributed by atoms with Crippen molar-refractivity contribution in [1.82, 2.24) is 5.06 Å². The summed E-state index contributed by atoms with van der Waals surface area (Å²) < 4.78 is 5.55. The molecule has 1 amide bonds. The minimum absolute atomic E-state index is 0.0000635. The molecule has 0 saturated heterocycles. The maximum Gasteiger partial charge on any atom is 0.434 e. The number of Topliss-reactive ketones (excluding diaryl/α,β-unsaturated/α-hetero) is 1. The first-order valence-electron chi connectivity index (χ1n) is 9.97. The number of benzene rings is 2. The fourth-order valence-corrected chi connectivity index (χ4v) is 2.94. The van der Waals surface area contributed by atoms with Gasteiger partial charge in [-0.15, -0.1) is 0 Å². The Kier molecular flexibility index (Phi) is 8.40. The highest BCUT2D eigenvalue weighted by Gasteiger charge is 2.30. The fraction of sp³-hybridized carbons (Fsp3) is 0.417. The third-order valence-electron chi connectivity index (χ3n) is 4.25. The molecule has 1 atom stereocenters. The van der Waals surface area contributed by atoms with Gasteiger partial charge in [0.05, 0.1) is 6.04 Å². The number of carbonyl (C=O) groups excluding carboxylic acids is 2. The summed E-state index contributed by atoms with van der Waals surface area (Å²) in [5, 5.41) is 1.25. The van der Waals surface area contributed by atoms with E-state index in [-0.39, 0.29) is 18.8 Å². The van der Waals surface area contributed by atoms with E-state index in [1.54, 1.807) is 0 Å². The molecule has 0 aromatic heterocycles. The molecule has 0 unspecified atom stereocenters. The third kappa shape index (κ3) is 8.48. The lowest BCUT2D eigenvalue weighted by atomic mass is 10.0. The minimum Gasteiger partial charge on any atom is -0.442 e. The maximum atomic E-state index is 12.9. The lowest BCUT2D eigenvalue weighted by Gasteiger charge is -2.32. The largest absolute Gasteiger partial charge is 0.442 e. The molecule has 0 aliphatic rings. The van der Waals surface area contributed by atoms with Crippen molar-refractivity contribution < 1.29 is 19.2 Å². The van der Waals surface area contributed by atoms with Crippen molar-refractivity contribution in [3.63, 3.8) is 0 Å². The number of hydroxylamine groups is 2. The average molecular weight is 398 g/mol. The van der Waals surface area contributed by atoms with E-state index in [9.17, 15) is 9.59 Å². The van der Waals surface area contributed by atoms with Gasteiger partial charge in [-0.1, -0.05) is 60.7 Å². The van der Waals surface area contributed by atoms with E-state index >= 15 is 0 Å². The fourth-order valence-electron chi connectivity index (χ4n) is 2.94. The molecule has 2 rings (SSSR count). The van der Waals surface area contributed by atoms with Gasteiger partial charge in [0, 0.05) is 6.42 Å². The van der Waals surface area contributed by atoms with Crippen LogP contribution in [0.15, 0.2) is 60.7 Å². The molecule has 2 aromatic carbocycles. The first-order valence-corrected chi connectivity index (χ1v) is 9.97. The van der Waals surface area contributed by atoms with Crippen LogP contribution in [0, 0.1) is 0 Å². The number of ketones is 1. The van der Waals surface area contributed by atoms with Gasteiger partial charge in [-0.3, -0.25) is 9.63 Å². The van der Waals surface area contributed by atoms with Crippen LogP contribution in [0.4, 0.5) is 4.79 Å². The Balaban J connectivity index is 2.18. The van der Waals surface area contributed by atoms with E-state index in [0.29, 0.717) is 6.42 Å². The first-order chi connectivity index (χ1) is 13.7. The SMILES string of the molecule is CC(=O)C[C@@H](CCc1ccccc1)N(OCc1ccccc1)C(=O)OC(C)(C)C. The predicted molar refractivity (Wildman–Crippen MR) is 113 cm³/mol. The van der Waals surface area contributed by atoms with Gasteiger partial charge in [-0.25, -0.2) is 4.79 Å². The minimum atomic E-state index is -0.661. The van der Waals surface area contributed by atoms with Crippen molar-refractivity contribution in [2.24, 2.45) is 0 Å². The number of amides is 1. The number of aryl methyl sites for hydroxylation is 1. The van der Waals surface area contributed by atoms with E-state index in [1.165, 1.54) is 12.0 Å². The van der Waals surface area contributed by atoms with Crippen LogP contribution in [-0.4, -0.2) is 28.6 Å². The van der Waals surface area contributed by atoms with Crippen molar-refractivity contribution in [1.29, 1.82) is 0 Å². The number of rotatable bonds is 9. The highest BCUT2D eigenvalue weighted by Crippen LogP contribution is 2.20. The Hall–Kier alpha value is -2.66. The Morgan fingerprint density at radius 3 is 2.00 bits per heavy atom. The van der Waals surface area contributed by atoms with Crippen molar-refractivity contribution in [2.75, 3.05) is 0 Å². The Labute approximate surface area is 173 Å². The Morgan fingerprint density at radius 2 is 1.48 bits per heavy atom. The lowest BCUT2D eigenvalue weighted by Crippen LogP contribution is -2.44. The molecule has 0 spiro atoms. The Bertz CT molecular complexity index is 768. The number of hydrogen-bond donors (Lipinski definition) is 0. The molecule has 0 heterocycles. The van der Waals surface area contributed by atoms with Gasteiger partial charge in [0.1, 0.15) is 18.0 Å². The van der Waals surface area contributed by atoms with Gasteiger partial charge in [-0.05, 0) is 51.7 Å². The highest BCUT2D eigenvalue weighted by molar-refractivity contribution is 5.77. The summed E-state index contributed by atoms with van der Waals surface area (Å²) in [5.41, 5.74) is 1.42. The summed E-state index contributed by atoms with van der Waals surface area (Å²) in [6.07, 6.45) is 0.957. The number of carbonyl (C=O) groups is 2. The van der Waals surface area contributed by atoms with Crippen LogP contribution in [0.3, 0.4) is 0 Å². The van der Waals surface area contributed by atoms with Crippen LogP contribution < -0.4 is 0 Å². The molecule has 29 heavy (non-hydrogen) atoms. The second kappa shape index (κ2) is 10.8. The molecule has 0 bridgehead atoms. The molecule has 0 radical (unpaired) electrons. The summed E-state index contributed by atoms with van der Waals surface area (Å²) in [7, 11) is 0. The first kappa shape index (κ1) is 22.6. The van der Waals surface area contributed by atoms with Gasteiger partial charge < -0.3 is 4.74 Å². The van der Waals surface area contributed by atoms with E-state index in [0.717, 1.165) is 17.5 Å². The van der Waals surface area contributed by atoms with Crippen molar-refractivity contribution in [3.8, 4) is 0 Å². The van der Waals surface area contributed by atoms with Crippen LogP contribution in [0.5, 0.6) is 0 Å². The van der Waals surface area contributed by atoms with Gasteiger partial charge >= 0.3 is 6.09 Å². The normalized spacial score (nSPS) is 12.3. The summed E-state index contributed by atoms with van der Waals surface area (Å²) >= 11 is 0. The van der Waals surface area contributed by atoms with Crippen LogP contribution in [0.2, 0.25) is 0 Å². The van der Waals surface area contributed by atoms with E-state index in [4.69, 9.17) is 9.57 Å². The standard InChI is InChI=1S/C24H31NO4/c1-19(26)17-22(16-15-20-11-7-5-8-12-20)25(23(27)29-24(2,3)4)28-18-21-13-9-6-10-14-21/h5-14,22H,15-18H2,1-4H3/t22-/m1/s1. The number of nitrogens with zero attached hydrogens (tertiary/aromatic N) is 1. The smallest absolute Gasteiger partial charge is 0.434 e. The predicted octanol–water partition coefficient (Wildman–Crippen LogP) is 5.34. The molecule has 0 fully saturated rings. The Morgan fingerprint density at radius 1 is 0.931 bits per heavy atom. The third-order valence-corrected chi connectivity index (χ3v) is 4.25. The van der Waals surface area contributed by atoms with Crippen molar-refractivity contribution in [3.05, 3.63) is 71.8 Å². The molecule has 0 aliphatic heterocycles. The van der Waals surface area contributed by atoms with E-state index in [1.807, 2.05) is 81.4 Å². The molecular formula is C24H31NO4. The van der Waals surface area contributed by atoms with Crippen LogP contribution in [0.25, 0.3) is 0 Å². The lowest BCUT2D eigenvalue weighted by molar-refractivity contribution is -0.182. The van der Waals surface area contributed by atoms with Gasteiger partial charge in [0.2, 0.25) is 0 Å². The molecule has 0 N–H and O–H groups in total. The molecule has 156 valence electrons. The molecule has 0 aliphatic carbocycles. The summed E-state index contributed by atoms with van der Waals surface area (Å²) in [5.74, 6) is -0.0000635. The maximum absolute atomic E-state index is 12.9. The van der Waals surface area contributed by atoms with E-state index in [2.05, 4.69) is 0 Å². The molecular weight excluding hydrogens is 366 g/mol.